The van der Waals surface area contributed by atoms with E-state index >= 15 is 0 Å². The van der Waals surface area contributed by atoms with Gasteiger partial charge in [0.1, 0.15) is 5.60 Å². The third-order valence-electron chi connectivity index (χ3n) is 6.93. The zero-order valence-electron chi connectivity index (χ0n) is 16.0. The van der Waals surface area contributed by atoms with Gasteiger partial charge in [0.2, 0.25) is 0 Å². The zero-order chi connectivity index (χ0) is 17.5. The van der Waals surface area contributed by atoms with Crippen LogP contribution in [0.1, 0.15) is 63.1 Å². The van der Waals surface area contributed by atoms with Crippen LogP contribution in [-0.4, -0.2) is 36.1 Å². The quantitative estimate of drug-likeness (QED) is 0.848. The minimum absolute atomic E-state index is 0.0850. The van der Waals surface area contributed by atoms with E-state index < -0.39 is 0 Å². The van der Waals surface area contributed by atoms with Crippen LogP contribution in [0.2, 0.25) is 0 Å². The molecule has 1 fully saturated rings. The summed E-state index contributed by atoms with van der Waals surface area (Å²) in [4.78, 5) is 6.23. The van der Waals surface area contributed by atoms with Gasteiger partial charge < -0.3 is 14.6 Å². The van der Waals surface area contributed by atoms with Gasteiger partial charge in [0.05, 0.1) is 12.3 Å². The molecule has 0 amide bonds. The number of rotatable bonds is 4. The van der Waals surface area contributed by atoms with Gasteiger partial charge in [-0.05, 0) is 64.3 Å². The highest BCUT2D eigenvalue weighted by molar-refractivity contribution is 5.85. The van der Waals surface area contributed by atoms with Crippen molar-refractivity contribution in [3.8, 4) is 0 Å². The van der Waals surface area contributed by atoms with Crippen molar-refractivity contribution >= 4 is 10.9 Å². The van der Waals surface area contributed by atoms with Gasteiger partial charge in [-0.1, -0.05) is 38.0 Å². The molecule has 1 N–H and O–H groups in total. The van der Waals surface area contributed by atoms with Crippen LogP contribution in [0, 0.1) is 0 Å². The van der Waals surface area contributed by atoms with E-state index in [0.29, 0.717) is 5.54 Å². The summed E-state index contributed by atoms with van der Waals surface area (Å²) >= 11 is 0. The first-order valence-corrected chi connectivity index (χ1v) is 10.0. The number of ether oxygens (including phenoxy) is 1. The second-order valence-electron chi connectivity index (χ2n) is 8.34. The van der Waals surface area contributed by atoms with Crippen LogP contribution in [0.25, 0.3) is 10.9 Å². The Balaban J connectivity index is 1.65. The first kappa shape index (κ1) is 17.1. The number of aromatic amines is 1. The lowest BCUT2D eigenvalue weighted by atomic mass is 9.69. The number of unbranched alkanes of at least 4 members (excludes halogenated alkanes) is 1. The predicted octanol–water partition coefficient (Wildman–Crippen LogP) is 5.00. The van der Waals surface area contributed by atoms with E-state index in [0.717, 1.165) is 25.9 Å². The second-order valence-corrected chi connectivity index (χ2v) is 8.34. The van der Waals surface area contributed by atoms with Crippen molar-refractivity contribution in [2.45, 2.75) is 69.4 Å². The Morgan fingerprint density at radius 1 is 1.12 bits per heavy atom. The Kier molecular flexibility index (Phi) is 4.41. The van der Waals surface area contributed by atoms with Gasteiger partial charge in [0.25, 0.3) is 0 Å². The molecule has 2 heterocycles. The van der Waals surface area contributed by atoms with E-state index in [1.54, 1.807) is 0 Å². The highest BCUT2D eigenvalue weighted by Gasteiger charge is 2.48. The molecule has 0 atom stereocenters. The minimum Gasteiger partial charge on any atom is -0.368 e. The highest BCUT2D eigenvalue weighted by atomic mass is 16.5. The summed E-state index contributed by atoms with van der Waals surface area (Å²) in [7, 11) is 4.54. The maximum absolute atomic E-state index is 6.49. The number of fused-ring (bicyclic) bond motifs is 4. The molecule has 136 valence electrons. The van der Waals surface area contributed by atoms with Gasteiger partial charge in [-0.2, -0.15) is 0 Å². The highest BCUT2D eigenvalue weighted by Crippen LogP contribution is 2.50. The molecule has 1 spiro atoms. The van der Waals surface area contributed by atoms with E-state index in [1.165, 1.54) is 54.3 Å². The van der Waals surface area contributed by atoms with Crippen LogP contribution in [0.3, 0.4) is 0 Å². The third kappa shape index (κ3) is 2.72. The first-order chi connectivity index (χ1) is 12.1. The number of para-hydroxylation sites is 1. The zero-order valence-corrected chi connectivity index (χ0v) is 16.0. The maximum Gasteiger partial charge on any atom is 0.108 e. The number of nitrogens with zero attached hydrogens (tertiary/aromatic N) is 1. The van der Waals surface area contributed by atoms with Crippen molar-refractivity contribution in [1.82, 2.24) is 9.88 Å². The van der Waals surface area contributed by atoms with Gasteiger partial charge in [-0.25, -0.2) is 0 Å². The van der Waals surface area contributed by atoms with Crippen LogP contribution in [-0.2, 0) is 16.8 Å². The fourth-order valence-corrected chi connectivity index (χ4v) is 5.21. The number of aromatic nitrogens is 1. The molecule has 1 aliphatic carbocycles. The summed E-state index contributed by atoms with van der Waals surface area (Å²) in [6, 6.07) is 8.75. The van der Waals surface area contributed by atoms with Crippen LogP contribution < -0.4 is 0 Å². The molecule has 3 nitrogen and oxygen atoms in total. The molecule has 2 aromatic rings. The lowest BCUT2D eigenvalue weighted by molar-refractivity contribution is -0.113. The fourth-order valence-electron chi connectivity index (χ4n) is 5.21. The molecular formula is C22H32N2O. The van der Waals surface area contributed by atoms with E-state index in [9.17, 15) is 0 Å². The Hall–Kier alpha value is -1.32. The normalized spacial score (nSPS) is 29.4. The average molecular weight is 341 g/mol. The summed E-state index contributed by atoms with van der Waals surface area (Å²) in [6.45, 7) is 3.16. The number of H-pyrrole nitrogens is 1. The molecule has 2 aliphatic rings. The van der Waals surface area contributed by atoms with Gasteiger partial charge in [0.15, 0.2) is 0 Å². The molecule has 1 saturated carbocycles. The van der Waals surface area contributed by atoms with Crippen molar-refractivity contribution in [2.75, 3.05) is 20.7 Å². The topological polar surface area (TPSA) is 28.3 Å². The van der Waals surface area contributed by atoms with Crippen molar-refractivity contribution in [2.24, 2.45) is 0 Å². The van der Waals surface area contributed by atoms with Gasteiger partial charge in [0, 0.05) is 16.4 Å². The van der Waals surface area contributed by atoms with E-state index in [-0.39, 0.29) is 5.60 Å². The number of hydrogen-bond donors (Lipinski definition) is 1. The summed E-state index contributed by atoms with van der Waals surface area (Å²) in [5, 5.41) is 1.40. The molecule has 1 aromatic heterocycles. The summed E-state index contributed by atoms with van der Waals surface area (Å²) in [5.74, 6) is 0. The van der Waals surface area contributed by atoms with Crippen LogP contribution in [0.5, 0.6) is 0 Å². The van der Waals surface area contributed by atoms with Crippen molar-refractivity contribution in [3.63, 3.8) is 0 Å². The Morgan fingerprint density at radius 2 is 1.88 bits per heavy atom. The van der Waals surface area contributed by atoms with Crippen LogP contribution in [0.15, 0.2) is 24.3 Å². The predicted molar refractivity (Wildman–Crippen MR) is 104 cm³/mol. The molecule has 3 heteroatoms. The smallest absolute Gasteiger partial charge is 0.108 e. The largest absolute Gasteiger partial charge is 0.368 e. The number of benzene rings is 1. The SMILES string of the molecule is CCCCC1(N(C)C)CCC2(CC1)OCCc1c2[nH]c2ccccc12. The molecule has 1 aliphatic heterocycles. The van der Waals surface area contributed by atoms with Gasteiger partial charge in [-0.15, -0.1) is 0 Å². The molecule has 0 saturated heterocycles. The van der Waals surface area contributed by atoms with Crippen molar-refractivity contribution in [3.05, 3.63) is 35.5 Å². The van der Waals surface area contributed by atoms with Crippen LogP contribution in [0.4, 0.5) is 0 Å². The lowest BCUT2D eigenvalue weighted by Crippen LogP contribution is -2.52. The Labute approximate surface area is 151 Å². The van der Waals surface area contributed by atoms with E-state index in [1.807, 2.05) is 0 Å². The Bertz CT molecular complexity index is 738. The summed E-state index contributed by atoms with van der Waals surface area (Å²) < 4.78 is 6.49. The third-order valence-corrected chi connectivity index (χ3v) is 6.93. The number of hydrogen-bond acceptors (Lipinski definition) is 2. The molecule has 0 unspecified atom stereocenters. The van der Waals surface area contributed by atoms with E-state index in [2.05, 4.69) is 55.2 Å². The van der Waals surface area contributed by atoms with Gasteiger partial charge >= 0.3 is 0 Å². The molecule has 0 bridgehead atoms. The summed E-state index contributed by atoms with van der Waals surface area (Å²) in [5.41, 5.74) is 4.43. The molecule has 4 rings (SSSR count). The minimum atomic E-state index is -0.0850. The van der Waals surface area contributed by atoms with E-state index in [4.69, 9.17) is 4.74 Å². The average Bonchev–Trinajstić information content (AvgIpc) is 3.02. The molecule has 1 aromatic carbocycles. The van der Waals surface area contributed by atoms with Crippen LogP contribution >= 0.6 is 0 Å². The second kappa shape index (κ2) is 6.44. The van der Waals surface area contributed by atoms with Gasteiger partial charge in [-0.3, -0.25) is 0 Å². The monoisotopic (exact) mass is 340 g/mol. The standard InChI is InChI=1S/C22H32N2O/c1-4-5-11-21(24(2)3)12-14-22(15-13-21)20-18(10-16-25-22)17-8-6-7-9-19(17)23-20/h6-9,23H,4-5,10-16H2,1-3H3. The maximum atomic E-state index is 6.49. The fraction of sp³-hybridized carbons (Fsp3) is 0.636. The summed E-state index contributed by atoms with van der Waals surface area (Å²) in [6.07, 6.45) is 9.68. The lowest BCUT2D eigenvalue weighted by Gasteiger charge is -2.50. The first-order valence-electron chi connectivity index (χ1n) is 10.0. The Morgan fingerprint density at radius 3 is 2.60 bits per heavy atom. The van der Waals surface area contributed by atoms with Crippen molar-refractivity contribution in [1.29, 1.82) is 0 Å². The molecular weight excluding hydrogens is 308 g/mol. The number of nitrogens with one attached hydrogen (secondary N) is 1. The van der Waals surface area contributed by atoms with Crippen molar-refractivity contribution < 1.29 is 4.74 Å². The molecule has 0 radical (unpaired) electrons. The molecule has 25 heavy (non-hydrogen) atoms.